The lowest BCUT2D eigenvalue weighted by molar-refractivity contribution is -0.142. The molecule has 1 atom stereocenters. The Morgan fingerprint density at radius 2 is 2.05 bits per heavy atom. The lowest BCUT2D eigenvalue weighted by Crippen LogP contribution is -2.67. The maximum atomic E-state index is 12.0. The molecular formula is C11H17N3O6. The van der Waals surface area contributed by atoms with E-state index < -0.39 is 42.0 Å². The summed E-state index contributed by atoms with van der Waals surface area (Å²) < 4.78 is 0. The van der Waals surface area contributed by atoms with Gasteiger partial charge in [0, 0.05) is 13.0 Å². The highest BCUT2D eigenvalue weighted by Gasteiger charge is 2.44. The number of aliphatic hydroxyl groups is 1. The number of imide groups is 1. The van der Waals surface area contributed by atoms with Gasteiger partial charge in [0.2, 0.25) is 5.91 Å². The number of carboxylic acids is 1. The topological polar surface area (TPSA) is 136 Å². The zero-order valence-corrected chi connectivity index (χ0v) is 11.2. The molecule has 112 valence electrons. The lowest BCUT2D eigenvalue weighted by atomic mass is 9.99. The molecule has 1 heterocycles. The predicted molar refractivity (Wildman–Crippen MR) is 65.6 cm³/mol. The number of nitrogens with one attached hydrogen (secondary N) is 2. The first kappa shape index (κ1) is 15.9. The third kappa shape index (κ3) is 3.23. The van der Waals surface area contributed by atoms with Gasteiger partial charge in [0.15, 0.2) is 0 Å². The van der Waals surface area contributed by atoms with Gasteiger partial charge in [0.25, 0.3) is 5.91 Å². The molecule has 0 bridgehead atoms. The van der Waals surface area contributed by atoms with E-state index >= 15 is 0 Å². The van der Waals surface area contributed by atoms with Crippen molar-refractivity contribution in [2.75, 3.05) is 13.2 Å². The molecule has 4 N–H and O–H groups in total. The van der Waals surface area contributed by atoms with Crippen LogP contribution in [0.5, 0.6) is 0 Å². The molecule has 0 aliphatic carbocycles. The Morgan fingerprint density at radius 1 is 1.45 bits per heavy atom. The molecule has 0 aromatic heterocycles. The largest absolute Gasteiger partial charge is 0.480 e. The Hall–Kier alpha value is -2.16. The third-order valence-corrected chi connectivity index (χ3v) is 3.04. The van der Waals surface area contributed by atoms with E-state index in [-0.39, 0.29) is 13.0 Å². The molecule has 9 heteroatoms. The van der Waals surface area contributed by atoms with E-state index in [1.54, 1.807) is 0 Å². The Kier molecular flexibility index (Phi) is 4.66. The van der Waals surface area contributed by atoms with Crippen molar-refractivity contribution < 1.29 is 29.4 Å². The minimum atomic E-state index is -1.31. The number of amides is 4. The van der Waals surface area contributed by atoms with Crippen LogP contribution in [0.2, 0.25) is 0 Å². The number of nitrogens with zero attached hydrogens (tertiary/aromatic N) is 1. The molecule has 9 nitrogen and oxygen atoms in total. The van der Waals surface area contributed by atoms with Crippen LogP contribution in [0.25, 0.3) is 0 Å². The van der Waals surface area contributed by atoms with Gasteiger partial charge >= 0.3 is 12.0 Å². The number of piperazine rings is 1. The average Bonchev–Trinajstić information content (AvgIpc) is 2.33. The first-order chi connectivity index (χ1) is 9.20. The van der Waals surface area contributed by atoms with E-state index in [1.807, 2.05) is 0 Å². The highest BCUT2D eigenvalue weighted by Crippen LogP contribution is 2.18. The number of aliphatic carboxylic acids is 1. The fourth-order valence-corrected chi connectivity index (χ4v) is 1.72. The highest BCUT2D eigenvalue weighted by molar-refractivity contribution is 6.06. The second-order valence-corrected chi connectivity index (χ2v) is 4.88. The van der Waals surface area contributed by atoms with Crippen LogP contribution in [-0.4, -0.2) is 63.7 Å². The van der Waals surface area contributed by atoms with Crippen LogP contribution in [-0.2, 0) is 14.4 Å². The number of carboxylic acid groups (broad SMARTS) is 1. The zero-order valence-electron chi connectivity index (χ0n) is 11.2. The van der Waals surface area contributed by atoms with Crippen molar-refractivity contribution in [2.45, 2.75) is 31.8 Å². The van der Waals surface area contributed by atoms with Crippen molar-refractivity contribution >= 4 is 23.8 Å². The molecule has 0 saturated carbocycles. The van der Waals surface area contributed by atoms with Gasteiger partial charge in [0.1, 0.15) is 18.1 Å². The fourth-order valence-electron chi connectivity index (χ4n) is 1.72. The van der Waals surface area contributed by atoms with Crippen LogP contribution in [0.15, 0.2) is 0 Å². The van der Waals surface area contributed by atoms with E-state index in [2.05, 4.69) is 10.6 Å². The number of carbonyl (C=O) groups excluding carboxylic acids is 3. The zero-order chi connectivity index (χ0) is 15.5. The molecule has 4 amide bonds. The van der Waals surface area contributed by atoms with Crippen LogP contribution in [0.4, 0.5) is 4.79 Å². The Labute approximate surface area is 114 Å². The molecule has 20 heavy (non-hydrogen) atoms. The van der Waals surface area contributed by atoms with Gasteiger partial charge in [-0.3, -0.25) is 14.9 Å². The number of aliphatic hydroxyl groups excluding tert-OH is 1. The normalized spacial score (nSPS) is 19.2. The quantitative estimate of drug-likeness (QED) is 0.453. The first-order valence-electron chi connectivity index (χ1n) is 5.96. The minimum absolute atomic E-state index is 0.171. The van der Waals surface area contributed by atoms with Crippen molar-refractivity contribution in [1.82, 2.24) is 15.5 Å². The molecule has 1 aliphatic heterocycles. The van der Waals surface area contributed by atoms with Gasteiger partial charge < -0.3 is 20.4 Å². The van der Waals surface area contributed by atoms with Crippen molar-refractivity contribution in [3.8, 4) is 0 Å². The van der Waals surface area contributed by atoms with Crippen molar-refractivity contribution in [3.63, 3.8) is 0 Å². The molecule has 0 spiro atoms. The van der Waals surface area contributed by atoms with Gasteiger partial charge in [-0.1, -0.05) is 0 Å². The number of urea groups is 1. The molecule has 1 rings (SSSR count). The summed E-state index contributed by atoms with van der Waals surface area (Å²) in [7, 11) is 0. The monoisotopic (exact) mass is 287 g/mol. The SMILES string of the molecule is CC1(C)C(=O)NC(=O)CN1C(=O)N[C@H](CCO)C(=O)O. The summed E-state index contributed by atoms with van der Waals surface area (Å²) >= 11 is 0. The summed E-state index contributed by atoms with van der Waals surface area (Å²) in [6.07, 6.45) is -0.171. The smallest absolute Gasteiger partial charge is 0.326 e. The van der Waals surface area contributed by atoms with E-state index in [0.717, 1.165) is 4.90 Å². The van der Waals surface area contributed by atoms with Crippen LogP contribution in [0.1, 0.15) is 20.3 Å². The molecule has 0 unspecified atom stereocenters. The van der Waals surface area contributed by atoms with Crippen LogP contribution in [0.3, 0.4) is 0 Å². The van der Waals surface area contributed by atoms with E-state index in [9.17, 15) is 19.2 Å². The maximum Gasteiger partial charge on any atom is 0.326 e. The van der Waals surface area contributed by atoms with Gasteiger partial charge in [-0.25, -0.2) is 9.59 Å². The van der Waals surface area contributed by atoms with E-state index in [0.29, 0.717) is 0 Å². The molecule has 0 aromatic carbocycles. The maximum absolute atomic E-state index is 12.0. The van der Waals surface area contributed by atoms with Crippen molar-refractivity contribution in [3.05, 3.63) is 0 Å². The summed E-state index contributed by atoms with van der Waals surface area (Å²) in [4.78, 5) is 46.9. The van der Waals surface area contributed by atoms with Gasteiger partial charge in [0.05, 0.1) is 0 Å². The average molecular weight is 287 g/mol. The summed E-state index contributed by atoms with van der Waals surface area (Å²) in [5, 5.41) is 21.9. The highest BCUT2D eigenvalue weighted by atomic mass is 16.4. The molecule has 1 saturated heterocycles. The lowest BCUT2D eigenvalue weighted by Gasteiger charge is -2.40. The molecule has 0 radical (unpaired) electrons. The third-order valence-electron chi connectivity index (χ3n) is 3.04. The van der Waals surface area contributed by atoms with E-state index in [1.165, 1.54) is 13.8 Å². The minimum Gasteiger partial charge on any atom is -0.480 e. The molecular weight excluding hydrogens is 270 g/mol. The Balaban J connectivity index is 2.86. The molecule has 1 fully saturated rings. The fraction of sp³-hybridized carbons (Fsp3) is 0.636. The summed E-state index contributed by atoms with van der Waals surface area (Å²) in [5.74, 6) is -2.59. The Bertz CT molecular complexity index is 447. The summed E-state index contributed by atoms with van der Waals surface area (Å²) in [6.45, 7) is 2.11. The van der Waals surface area contributed by atoms with Crippen molar-refractivity contribution in [2.24, 2.45) is 0 Å². The molecule has 1 aliphatic rings. The number of hydrogen-bond donors (Lipinski definition) is 4. The van der Waals surface area contributed by atoms with Crippen LogP contribution in [0, 0.1) is 0 Å². The Morgan fingerprint density at radius 3 is 2.55 bits per heavy atom. The predicted octanol–water partition coefficient (Wildman–Crippen LogP) is -1.73. The summed E-state index contributed by atoms with van der Waals surface area (Å²) in [6, 6.07) is -2.14. The van der Waals surface area contributed by atoms with Crippen molar-refractivity contribution in [1.29, 1.82) is 0 Å². The second kappa shape index (κ2) is 5.87. The first-order valence-corrected chi connectivity index (χ1v) is 5.96. The number of carbonyl (C=O) groups is 4. The van der Waals surface area contributed by atoms with Gasteiger partial charge in [-0.15, -0.1) is 0 Å². The standard InChI is InChI=1S/C11H17N3O6/c1-11(2)9(19)13-7(16)5-14(11)10(20)12-6(3-4-15)8(17)18/h6,15H,3-5H2,1-2H3,(H,12,20)(H,17,18)(H,13,16,19)/t6-/m1/s1. The van der Waals surface area contributed by atoms with E-state index in [4.69, 9.17) is 10.2 Å². The summed E-state index contributed by atoms with van der Waals surface area (Å²) in [5.41, 5.74) is -1.28. The molecule has 0 aromatic rings. The van der Waals surface area contributed by atoms with Crippen LogP contribution < -0.4 is 10.6 Å². The van der Waals surface area contributed by atoms with Gasteiger partial charge in [-0.2, -0.15) is 0 Å². The second-order valence-electron chi connectivity index (χ2n) is 4.88. The number of hydrogen-bond acceptors (Lipinski definition) is 5. The van der Waals surface area contributed by atoms with Gasteiger partial charge in [-0.05, 0) is 13.8 Å². The number of rotatable bonds is 4. The van der Waals surface area contributed by atoms with Crippen LogP contribution >= 0.6 is 0 Å².